The summed E-state index contributed by atoms with van der Waals surface area (Å²) in [6.45, 7) is 0.798. The summed E-state index contributed by atoms with van der Waals surface area (Å²) in [6.07, 6.45) is -3.15. The van der Waals surface area contributed by atoms with Crippen LogP contribution in [0.5, 0.6) is 5.75 Å². The Morgan fingerprint density at radius 2 is 1.94 bits per heavy atom. The second-order valence-electron chi connectivity index (χ2n) is 7.34. The number of halogens is 4. The molecule has 0 saturated heterocycles. The summed E-state index contributed by atoms with van der Waals surface area (Å²) in [5.41, 5.74) is 7.63. The van der Waals surface area contributed by atoms with Crippen molar-refractivity contribution in [3.05, 3.63) is 70.8 Å². The van der Waals surface area contributed by atoms with E-state index >= 15 is 0 Å². The molecule has 0 radical (unpaired) electrons. The highest BCUT2D eigenvalue weighted by Gasteiger charge is 2.35. The van der Waals surface area contributed by atoms with E-state index in [0.29, 0.717) is 29.8 Å². The van der Waals surface area contributed by atoms with Crippen molar-refractivity contribution in [2.24, 2.45) is 5.73 Å². The number of aromatic nitrogens is 3. The summed E-state index contributed by atoms with van der Waals surface area (Å²) in [6, 6.07) is 6.41. The highest BCUT2D eigenvalue weighted by Crippen LogP contribution is 2.36. The van der Waals surface area contributed by atoms with E-state index in [1.807, 2.05) is 4.90 Å². The fourth-order valence-electron chi connectivity index (χ4n) is 3.68. The number of phenolic OH excluding ortho intramolecular Hbond substituents is 1. The number of rotatable bonds is 4. The first-order valence-corrected chi connectivity index (χ1v) is 9.55. The van der Waals surface area contributed by atoms with Gasteiger partial charge in [-0.3, -0.25) is 9.69 Å². The van der Waals surface area contributed by atoms with Crippen LogP contribution in [0.25, 0.3) is 11.1 Å². The van der Waals surface area contributed by atoms with Crippen molar-refractivity contribution in [1.29, 1.82) is 0 Å². The second kappa shape index (κ2) is 8.15. The molecule has 1 amide bonds. The van der Waals surface area contributed by atoms with Crippen molar-refractivity contribution in [3.63, 3.8) is 0 Å². The molecule has 1 aliphatic rings. The molecule has 166 valence electrons. The van der Waals surface area contributed by atoms with Gasteiger partial charge < -0.3 is 10.8 Å². The minimum atomic E-state index is -4.64. The Balaban J connectivity index is 1.67. The third-order valence-corrected chi connectivity index (χ3v) is 5.12. The Morgan fingerprint density at radius 1 is 1.16 bits per heavy atom. The van der Waals surface area contributed by atoms with E-state index in [4.69, 9.17) is 5.73 Å². The molecule has 32 heavy (non-hydrogen) atoms. The lowest BCUT2D eigenvalue weighted by molar-refractivity contribution is -0.145. The van der Waals surface area contributed by atoms with Crippen LogP contribution in [0.4, 0.5) is 17.6 Å². The molecular formula is C21H17F4N5O2. The zero-order valence-corrected chi connectivity index (χ0v) is 16.5. The molecule has 0 aliphatic carbocycles. The fraction of sp³-hybridized carbons (Fsp3) is 0.238. The average Bonchev–Trinajstić information content (AvgIpc) is 2.72. The topological polar surface area (TPSA) is 105 Å². The maximum atomic E-state index is 13.4. The Bertz CT molecular complexity index is 1200. The number of carbonyl (C=O) groups is 1. The molecule has 3 aromatic rings. The first kappa shape index (κ1) is 21.6. The molecule has 0 spiro atoms. The number of alkyl halides is 3. The van der Waals surface area contributed by atoms with Crippen LogP contribution < -0.4 is 5.73 Å². The van der Waals surface area contributed by atoms with Crippen molar-refractivity contribution < 1.29 is 27.5 Å². The molecule has 1 aromatic carbocycles. The number of hydrogen-bond donors (Lipinski definition) is 2. The Labute approximate surface area is 179 Å². The van der Waals surface area contributed by atoms with Gasteiger partial charge in [0.2, 0.25) is 5.82 Å². The van der Waals surface area contributed by atoms with Crippen molar-refractivity contribution in [2.75, 3.05) is 6.54 Å². The van der Waals surface area contributed by atoms with Crippen molar-refractivity contribution in [2.45, 2.75) is 25.7 Å². The average molecular weight is 447 g/mol. The van der Waals surface area contributed by atoms with E-state index in [1.54, 1.807) is 0 Å². The zero-order chi connectivity index (χ0) is 23.0. The van der Waals surface area contributed by atoms with Crippen LogP contribution in [0.1, 0.15) is 33.3 Å². The first-order valence-electron chi connectivity index (χ1n) is 9.55. The van der Waals surface area contributed by atoms with Crippen LogP contribution in [0.3, 0.4) is 0 Å². The lowest BCUT2D eigenvalue weighted by Gasteiger charge is -2.29. The van der Waals surface area contributed by atoms with Gasteiger partial charge in [0, 0.05) is 37.5 Å². The molecule has 2 aromatic heterocycles. The number of pyridine rings is 1. The Hall–Kier alpha value is -3.60. The van der Waals surface area contributed by atoms with E-state index in [-0.39, 0.29) is 30.2 Å². The smallest absolute Gasteiger partial charge is 0.451 e. The number of aromatic hydroxyl groups is 1. The summed E-state index contributed by atoms with van der Waals surface area (Å²) in [4.78, 5) is 24.8. The summed E-state index contributed by atoms with van der Waals surface area (Å²) in [5.74, 6) is -2.90. The SMILES string of the molecule is NC(=O)c1cc(-c2ccc(F)cc2O)c2c(n1)CN(Cc1ccnc(C(F)(F)F)n1)CC2. The quantitative estimate of drug-likeness (QED) is 0.596. The molecule has 0 atom stereocenters. The van der Waals surface area contributed by atoms with Gasteiger partial charge in [0.05, 0.1) is 11.4 Å². The molecule has 7 nitrogen and oxygen atoms in total. The standard InChI is InChI=1S/C21H17F4N5O2/c22-11-1-2-14(18(31)7-11)15-8-16(19(26)32)29-17-10-30(6-4-13(15)17)9-12-3-5-27-20(28-12)21(23,24)25/h1-3,5,7-8,31H,4,6,9-10H2,(H2,26,32). The predicted molar refractivity (Wildman–Crippen MR) is 105 cm³/mol. The maximum absolute atomic E-state index is 13.4. The highest BCUT2D eigenvalue weighted by molar-refractivity contribution is 5.93. The molecular weight excluding hydrogens is 430 g/mol. The molecule has 3 heterocycles. The highest BCUT2D eigenvalue weighted by atomic mass is 19.4. The van der Waals surface area contributed by atoms with Crippen LogP contribution >= 0.6 is 0 Å². The molecule has 0 unspecified atom stereocenters. The van der Waals surface area contributed by atoms with Gasteiger partial charge in [-0.25, -0.2) is 19.3 Å². The van der Waals surface area contributed by atoms with Crippen molar-refractivity contribution >= 4 is 5.91 Å². The lowest BCUT2D eigenvalue weighted by atomic mass is 9.92. The van der Waals surface area contributed by atoms with Gasteiger partial charge in [0.15, 0.2) is 0 Å². The summed E-state index contributed by atoms with van der Waals surface area (Å²) in [7, 11) is 0. The third kappa shape index (κ3) is 4.37. The van der Waals surface area contributed by atoms with E-state index < -0.39 is 23.7 Å². The van der Waals surface area contributed by atoms with Gasteiger partial charge >= 0.3 is 6.18 Å². The number of benzene rings is 1. The number of fused-ring (bicyclic) bond motifs is 1. The van der Waals surface area contributed by atoms with Crippen LogP contribution in [-0.2, 0) is 25.7 Å². The molecule has 0 fully saturated rings. The fourth-order valence-corrected chi connectivity index (χ4v) is 3.68. The first-order chi connectivity index (χ1) is 15.1. The number of primary amides is 1. The minimum Gasteiger partial charge on any atom is -0.507 e. The zero-order valence-electron chi connectivity index (χ0n) is 16.5. The largest absolute Gasteiger partial charge is 0.507 e. The van der Waals surface area contributed by atoms with Gasteiger partial charge in [-0.15, -0.1) is 0 Å². The van der Waals surface area contributed by atoms with Gasteiger partial charge in [-0.05, 0) is 41.8 Å². The molecule has 3 N–H and O–H groups in total. The van der Waals surface area contributed by atoms with E-state index in [1.165, 1.54) is 24.3 Å². The number of nitrogens with two attached hydrogens (primary N) is 1. The van der Waals surface area contributed by atoms with E-state index in [0.717, 1.165) is 17.8 Å². The second-order valence-corrected chi connectivity index (χ2v) is 7.34. The lowest BCUT2D eigenvalue weighted by Crippen LogP contribution is -2.32. The Kier molecular flexibility index (Phi) is 5.51. The van der Waals surface area contributed by atoms with Crippen LogP contribution in [0, 0.1) is 5.82 Å². The predicted octanol–water partition coefficient (Wildman–Crippen LogP) is 3.06. The molecule has 1 aliphatic heterocycles. The molecule has 11 heteroatoms. The number of phenols is 1. The van der Waals surface area contributed by atoms with Gasteiger partial charge in [-0.2, -0.15) is 13.2 Å². The summed E-state index contributed by atoms with van der Waals surface area (Å²) in [5, 5.41) is 10.2. The minimum absolute atomic E-state index is 0.0364. The summed E-state index contributed by atoms with van der Waals surface area (Å²) < 4.78 is 52.1. The number of hydrogen-bond acceptors (Lipinski definition) is 6. The van der Waals surface area contributed by atoms with Crippen molar-refractivity contribution in [1.82, 2.24) is 19.9 Å². The summed E-state index contributed by atoms with van der Waals surface area (Å²) >= 11 is 0. The van der Waals surface area contributed by atoms with Crippen LogP contribution in [0.15, 0.2) is 36.5 Å². The number of nitrogens with zero attached hydrogens (tertiary/aromatic N) is 4. The maximum Gasteiger partial charge on any atom is 0.451 e. The molecule has 0 saturated carbocycles. The van der Waals surface area contributed by atoms with E-state index in [2.05, 4.69) is 15.0 Å². The normalized spacial score (nSPS) is 14.2. The third-order valence-electron chi connectivity index (χ3n) is 5.12. The van der Waals surface area contributed by atoms with E-state index in [9.17, 15) is 27.5 Å². The number of amides is 1. The van der Waals surface area contributed by atoms with Crippen molar-refractivity contribution in [3.8, 4) is 16.9 Å². The van der Waals surface area contributed by atoms with Crippen LogP contribution in [0.2, 0.25) is 0 Å². The molecule has 4 rings (SSSR count). The number of carbonyl (C=O) groups excluding carboxylic acids is 1. The van der Waals surface area contributed by atoms with Gasteiger partial charge in [0.25, 0.3) is 5.91 Å². The Morgan fingerprint density at radius 3 is 2.62 bits per heavy atom. The molecule has 0 bridgehead atoms. The monoisotopic (exact) mass is 447 g/mol. The van der Waals surface area contributed by atoms with Crippen LogP contribution in [-0.4, -0.2) is 37.4 Å². The van der Waals surface area contributed by atoms with Gasteiger partial charge in [0.1, 0.15) is 17.3 Å². The van der Waals surface area contributed by atoms with Gasteiger partial charge in [-0.1, -0.05) is 0 Å².